The van der Waals surface area contributed by atoms with Gasteiger partial charge in [-0.2, -0.15) is 0 Å². The topological polar surface area (TPSA) is 55.8 Å². The van der Waals surface area contributed by atoms with E-state index < -0.39 is 6.09 Å². The largest absolute Gasteiger partial charge is 0.452 e. The number of thiophene rings is 1. The number of rotatable bonds is 4. The number of benzene rings is 1. The van der Waals surface area contributed by atoms with Crippen molar-refractivity contribution in [1.82, 2.24) is 4.90 Å². The Hall–Kier alpha value is -2.60. The second-order valence-electron chi connectivity index (χ2n) is 5.61. The Kier molecular flexibility index (Phi) is 4.90. The van der Waals surface area contributed by atoms with Gasteiger partial charge in [0.05, 0.1) is 5.56 Å². The monoisotopic (exact) mass is 357 g/mol. The summed E-state index contributed by atoms with van der Waals surface area (Å²) < 4.78 is 11.1. The van der Waals surface area contributed by atoms with Crippen LogP contribution in [-0.2, 0) is 0 Å². The minimum atomic E-state index is -0.417. The van der Waals surface area contributed by atoms with Gasteiger partial charge in [0.2, 0.25) is 5.78 Å². The fourth-order valence-corrected chi connectivity index (χ4v) is 3.38. The van der Waals surface area contributed by atoms with Crippen molar-refractivity contribution in [2.24, 2.45) is 0 Å². The van der Waals surface area contributed by atoms with Crippen molar-refractivity contribution >= 4 is 29.3 Å². The molecule has 0 saturated carbocycles. The molecule has 0 radical (unpaired) electrons. The van der Waals surface area contributed by atoms with Gasteiger partial charge in [0.1, 0.15) is 11.5 Å². The van der Waals surface area contributed by atoms with Crippen molar-refractivity contribution in [3.05, 3.63) is 51.4 Å². The summed E-state index contributed by atoms with van der Waals surface area (Å²) in [5.41, 5.74) is 1.57. The molecule has 2 heterocycles. The number of allylic oxidation sites excluding steroid dienone is 1. The van der Waals surface area contributed by atoms with Gasteiger partial charge in [-0.1, -0.05) is 0 Å². The Morgan fingerprint density at radius 2 is 2.04 bits per heavy atom. The van der Waals surface area contributed by atoms with Crippen LogP contribution in [0.3, 0.4) is 0 Å². The van der Waals surface area contributed by atoms with E-state index in [1.165, 1.54) is 0 Å². The lowest BCUT2D eigenvalue weighted by molar-refractivity contribution is 0.101. The zero-order chi connectivity index (χ0) is 18.0. The molecule has 0 bridgehead atoms. The number of Topliss-reactive ketones (excluding diaryl/α,β-unsaturated/α-hetero) is 1. The molecule has 25 heavy (non-hydrogen) atoms. The summed E-state index contributed by atoms with van der Waals surface area (Å²) in [4.78, 5) is 27.1. The number of ether oxygens (including phenoxy) is 2. The molecule has 0 N–H and O–H groups in total. The van der Waals surface area contributed by atoms with Crippen molar-refractivity contribution < 1.29 is 19.1 Å². The second-order valence-corrected chi connectivity index (χ2v) is 6.55. The smallest absolute Gasteiger partial charge is 0.415 e. The summed E-state index contributed by atoms with van der Waals surface area (Å²) in [5.74, 6) is 0.893. The number of ketones is 1. The predicted octanol–water partition coefficient (Wildman–Crippen LogP) is 4.51. The number of aryl methyl sites for hydroxylation is 1. The lowest BCUT2D eigenvalue weighted by Gasteiger charge is -2.17. The fourth-order valence-electron chi connectivity index (χ4n) is 2.53. The summed E-state index contributed by atoms with van der Waals surface area (Å²) in [6, 6.07) is 6.82. The van der Waals surface area contributed by atoms with E-state index in [9.17, 15) is 9.59 Å². The number of hydrogen-bond acceptors (Lipinski definition) is 5. The molecule has 0 spiro atoms. The van der Waals surface area contributed by atoms with Crippen LogP contribution in [0.5, 0.6) is 11.5 Å². The maximum atomic E-state index is 12.5. The van der Waals surface area contributed by atoms with Crippen molar-refractivity contribution in [2.75, 3.05) is 13.1 Å². The summed E-state index contributed by atoms with van der Waals surface area (Å²) >= 11 is 1.55. The molecule has 3 rings (SSSR count). The minimum absolute atomic E-state index is 0.163. The average Bonchev–Trinajstić information content (AvgIpc) is 3.13. The van der Waals surface area contributed by atoms with Gasteiger partial charge >= 0.3 is 6.09 Å². The van der Waals surface area contributed by atoms with Crippen molar-refractivity contribution in [1.29, 1.82) is 0 Å². The molecular weight excluding hydrogens is 338 g/mol. The molecular formula is C19H19NO4S. The van der Waals surface area contributed by atoms with Crippen LogP contribution in [0.4, 0.5) is 4.79 Å². The number of fused-ring (bicyclic) bond motifs is 1. The van der Waals surface area contributed by atoms with Crippen LogP contribution in [0.2, 0.25) is 0 Å². The molecule has 0 atom stereocenters. The normalized spacial score (nSPS) is 14.4. The van der Waals surface area contributed by atoms with Gasteiger partial charge in [-0.3, -0.25) is 4.79 Å². The third kappa shape index (κ3) is 3.44. The first-order valence-electron chi connectivity index (χ1n) is 8.12. The van der Waals surface area contributed by atoms with Crippen LogP contribution in [-0.4, -0.2) is 29.9 Å². The highest BCUT2D eigenvalue weighted by Crippen LogP contribution is 2.35. The summed E-state index contributed by atoms with van der Waals surface area (Å²) in [7, 11) is 0. The van der Waals surface area contributed by atoms with Crippen LogP contribution >= 0.6 is 11.3 Å². The van der Waals surface area contributed by atoms with Gasteiger partial charge in [0.15, 0.2) is 5.76 Å². The molecule has 0 saturated heterocycles. The van der Waals surface area contributed by atoms with E-state index in [2.05, 4.69) is 0 Å². The molecule has 1 aliphatic heterocycles. The molecule has 1 aromatic heterocycles. The van der Waals surface area contributed by atoms with E-state index in [0.29, 0.717) is 30.2 Å². The van der Waals surface area contributed by atoms with Crippen LogP contribution < -0.4 is 9.47 Å². The van der Waals surface area contributed by atoms with Gasteiger partial charge in [-0.25, -0.2) is 4.79 Å². The predicted molar refractivity (Wildman–Crippen MR) is 97.4 cm³/mol. The Bertz CT molecular complexity index is 849. The first kappa shape index (κ1) is 17.2. The van der Waals surface area contributed by atoms with Crippen LogP contribution in [0, 0.1) is 6.92 Å². The van der Waals surface area contributed by atoms with Crippen molar-refractivity contribution in [3.63, 3.8) is 0 Å². The second kappa shape index (κ2) is 7.11. The minimum Gasteiger partial charge on any atom is -0.452 e. The lowest BCUT2D eigenvalue weighted by atomic mass is 10.1. The maximum Gasteiger partial charge on any atom is 0.415 e. The summed E-state index contributed by atoms with van der Waals surface area (Å²) in [5, 5.41) is 1.97. The quantitative estimate of drug-likeness (QED) is 0.755. The highest BCUT2D eigenvalue weighted by Gasteiger charge is 2.28. The summed E-state index contributed by atoms with van der Waals surface area (Å²) in [6.45, 7) is 6.91. The Balaban J connectivity index is 1.81. The number of hydrogen-bond donors (Lipinski definition) is 0. The third-order valence-electron chi connectivity index (χ3n) is 4.03. The van der Waals surface area contributed by atoms with Crippen molar-refractivity contribution in [3.8, 4) is 11.5 Å². The SMILES string of the molecule is CCN(CC)C(=O)Oc1ccc2c(c1)OC(=Cc1sccc1C)C2=O. The molecule has 130 valence electrons. The van der Waals surface area contributed by atoms with Crippen LogP contribution in [0.15, 0.2) is 35.4 Å². The third-order valence-corrected chi connectivity index (χ3v) is 5.00. The summed E-state index contributed by atoms with van der Waals surface area (Å²) in [6.07, 6.45) is 1.34. The fraction of sp³-hybridized carbons (Fsp3) is 0.263. The molecule has 0 unspecified atom stereocenters. The number of carbonyl (C=O) groups excluding carboxylic acids is 2. The molecule has 0 fully saturated rings. The maximum absolute atomic E-state index is 12.5. The van der Waals surface area contributed by atoms with E-state index in [0.717, 1.165) is 10.4 Å². The number of nitrogens with zero attached hydrogens (tertiary/aromatic N) is 1. The zero-order valence-electron chi connectivity index (χ0n) is 14.4. The molecule has 1 aliphatic rings. The Morgan fingerprint density at radius 3 is 2.68 bits per heavy atom. The molecule has 5 nitrogen and oxygen atoms in total. The standard InChI is InChI=1S/C19H19NO4S/c1-4-20(5-2)19(22)23-13-6-7-14-15(10-13)24-16(18(14)21)11-17-12(3)8-9-25-17/h6-11H,4-5H2,1-3H3. The van der Waals surface area contributed by atoms with Crippen LogP contribution in [0.25, 0.3) is 6.08 Å². The van der Waals surface area contributed by atoms with Gasteiger partial charge in [-0.05, 0) is 49.9 Å². The van der Waals surface area contributed by atoms with Gasteiger partial charge in [-0.15, -0.1) is 11.3 Å². The van der Waals surface area contributed by atoms with Crippen molar-refractivity contribution in [2.45, 2.75) is 20.8 Å². The number of carbonyl (C=O) groups is 2. The molecule has 0 aliphatic carbocycles. The first-order chi connectivity index (χ1) is 12.0. The molecule has 1 aromatic carbocycles. The molecule has 1 amide bonds. The molecule has 6 heteroatoms. The lowest BCUT2D eigenvalue weighted by Crippen LogP contribution is -2.33. The Morgan fingerprint density at radius 1 is 1.28 bits per heavy atom. The van der Waals surface area contributed by atoms with E-state index in [1.54, 1.807) is 40.5 Å². The Labute approximate surface area is 150 Å². The van der Waals surface area contributed by atoms with E-state index >= 15 is 0 Å². The first-order valence-corrected chi connectivity index (χ1v) is 9.00. The van der Waals surface area contributed by atoms with E-state index in [-0.39, 0.29) is 11.5 Å². The highest BCUT2D eigenvalue weighted by atomic mass is 32.1. The van der Waals surface area contributed by atoms with Gasteiger partial charge in [0, 0.05) is 30.1 Å². The van der Waals surface area contributed by atoms with Gasteiger partial charge in [0.25, 0.3) is 0 Å². The zero-order valence-corrected chi connectivity index (χ0v) is 15.2. The number of amides is 1. The van der Waals surface area contributed by atoms with Crippen LogP contribution in [0.1, 0.15) is 34.6 Å². The average molecular weight is 357 g/mol. The van der Waals surface area contributed by atoms with E-state index in [1.807, 2.05) is 32.2 Å². The molecule has 2 aromatic rings. The highest BCUT2D eigenvalue weighted by molar-refractivity contribution is 7.11. The van der Waals surface area contributed by atoms with E-state index in [4.69, 9.17) is 9.47 Å². The van der Waals surface area contributed by atoms with Gasteiger partial charge < -0.3 is 14.4 Å².